The van der Waals surface area contributed by atoms with Gasteiger partial charge in [0.15, 0.2) is 0 Å². The van der Waals surface area contributed by atoms with Crippen molar-refractivity contribution >= 4 is 17.5 Å². The molecule has 1 aromatic heterocycles. The zero-order valence-electron chi connectivity index (χ0n) is 18.8. The predicted octanol–water partition coefficient (Wildman–Crippen LogP) is 5.18. The van der Waals surface area contributed by atoms with Gasteiger partial charge in [-0.3, -0.25) is 0 Å². The highest BCUT2D eigenvalue weighted by atomic mass is 16.5. The van der Waals surface area contributed by atoms with Gasteiger partial charge in [-0.15, -0.1) is 0 Å². The molecular weight excluding hydrogens is 410 g/mol. The summed E-state index contributed by atoms with van der Waals surface area (Å²) in [7, 11) is 0. The Morgan fingerprint density at radius 2 is 1.72 bits per heavy atom. The monoisotopic (exact) mass is 441 g/mol. The molecule has 0 bridgehead atoms. The summed E-state index contributed by atoms with van der Waals surface area (Å²) in [5.41, 5.74) is 1.33. The highest BCUT2D eigenvalue weighted by Gasteiger charge is 2.21. The Kier molecular flexibility index (Phi) is 8.96. The Balaban J connectivity index is 2.12. The average Bonchev–Trinajstić information content (AvgIpc) is 2.80. The lowest BCUT2D eigenvalue weighted by Gasteiger charge is -2.24. The van der Waals surface area contributed by atoms with Crippen molar-refractivity contribution in [3.63, 3.8) is 0 Å². The molecule has 0 aliphatic heterocycles. The zero-order valence-corrected chi connectivity index (χ0v) is 18.8. The van der Waals surface area contributed by atoms with Gasteiger partial charge < -0.3 is 20.1 Å². The Morgan fingerprint density at radius 1 is 1.03 bits per heavy atom. The lowest BCUT2D eigenvalue weighted by atomic mass is 9.91. The number of aliphatic hydroxyl groups is 1. The molecule has 0 amide bonds. The predicted molar refractivity (Wildman–Crippen MR) is 122 cm³/mol. The van der Waals surface area contributed by atoms with Crippen LogP contribution >= 0.6 is 0 Å². The van der Waals surface area contributed by atoms with Crippen molar-refractivity contribution in [2.45, 2.75) is 65.1 Å². The Morgan fingerprint density at radius 3 is 2.31 bits per heavy atom. The molecule has 32 heavy (non-hydrogen) atoms. The largest absolute Gasteiger partial charge is 0.487 e. The fourth-order valence-electron chi connectivity index (χ4n) is 3.42. The second-order valence-electron chi connectivity index (χ2n) is 7.67. The van der Waals surface area contributed by atoms with Crippen LogP contribution in [-0.2, 0) is 6.61 Å². The number of carboxylic acid groups (broad SMARTS) is 2. The molecule has 2 rings (SSSR count). The van der Waals surface area contributed by atoms with Gasteiger partial charge in [-0.1, -0.05) is 32.9 Å². The molecule has 0 saturated carbocycles. The molecule has 1 aromatic carbocycles. The minimum atomic E-state index is -1.33. The third-order valence-electron chi connectivity index (χ3n) is 5.67. The Bertz CT molecular complexity index is 978. The SMILES string of the molecule is CC/C(=C\CCC(O)(CC)CC)c1cccc(COc2ccc(C(=O)O)c(C(=O)O)c2)n1. The van der Waals surface area contributed by atoms with E-state index >= 15 is 0 Å². The quantitative estimate of drug-likeness (QED) is 0.415. The van der Waals surface area contributed by atoms with E-state index in [1.165, 1.54) is 18.2 Å². The number of rotatable bonds is 12. The number of hydrogen-bond donors (Lipinski definition) is 3. The normalized spacial score (nSPS) is 11.9. The van der Waals surface area contributed by atoms with Crippen molar-refractivity contribution in [1.29, 1.82) is 0 Å². The van der Waals surface area contributed by atoms with Gasteiger partial charge in [-0.2, -0.15) is 0 Å². The fourth-order valence-corrected chi connectivity index (χ4v) is 3.42. The van der Waals surface area contributed by atoms with E-state index in [0.29, 0.717) is 12.1 Å². The molecule has 1 heterocycles. The van der Waals surface area contributed by atoms with Crippen molar-refractivity contribution in [3.8, 4) is 5.75 Å². The molecule has 7 nitrogen and oxygen atoms in total. The summed E-state index contributed by atoms with van der Waals surface area (Å²) in [6.07, 6.45) is 5.82. The van der Waals surface area contributed by atoms with E-state index in [1.54, 1.807) is 0 Å². The topological polar surface area (TPSA) is 117 Å². The molecule has 0 fully saturated rings. The molecule has 0 saturated heterocycles. The number of benzene rings is 1. The number of ether oxygens (including phenoxy) is 1. The molecule has 0 aliphatic carbocycles. The van der Waals surface area contributed by atoms with Crippen molar-refractivity contribution in [2.24, 2.45) is 0 Å². The Hall–Kier alpha value is -3.19. The lowest BCUT2D eigenvalue weighted by Crippen LogP contribution is -2.25. The standard InChI is InChI=1S/C25H31NO6/c1-4-17(9-8-14-25(31,5-2)6-3)22-11-7-10-18(26-22)16-32-19-12-13-20(23(27)28)21(15-19)24(29)30/h7,9-13,15,31H,4-6,8,14,16H2,1-3H3,(H,27,28)(H,29,30)/b17-9+. The van der Waals surface area contributed by atoms with Crippen molar-refractivity contribution in [2.75, 3.05) is 0 Å². The maximum atomic E-state index is 11.3. The smallest absolute Gasteiger partial charge is 0.336 e. The number of carbonyl (C=O) groups is 2. The molecule has 0 atom stereocenters. The number of carboxylic acids is 2. The third kappa shape index (κ3) is 6.65. The van der Waals surface area contributed by atoms with Crippen molar-refractivity contribution in [3.05, 3.63) is 65.0 Å². The van der Waals surface area contributed by atoms with Crippen LogP contribution in [0, 0.1) is 0 Å². The van der Waals surface area contributed by atoms with Gasteiger partial charge in [-0.25, -0.2) is 14.6 Å². The van der Waals surface area contributed by atoms with Crippen molar-refractivity contribution in [1.82, 2.24) is 4.98 Å². The number of aromatic carboxylic acids is 2. The molecule has 172 valence electrons. The first-order chi connectivity index (χ1) is 15.2. The number of pyridine rings is 1. The number of hydrogen-bond acceptors (Lipinski definition) is 5. The van der Waals surface area contributed by atoms with Gasteiger partial charge in [0, 0.05) is 0 Å². The lowest BCUT2D eigenvalue weighted by molar-refractivity contribution is 0.0246. The highest BCUT2D eigenvalue weighted by molar-refractivity contribution is 6.02. The van der Waals surface area contributed by atoms with Gasteiger partial charge >= 0.3 is 11.9 Å². The van der Waals surface area contributed by atoms with E-state index in [-0.39, 0.29) is 23.5 Å². The Labute approximate surface area is 188 Å². The second kappa shape index (κ2) is 11.4. The minimum absolute atomic E-state index is 0.113. The van der Waals surface area contributed by atoms with E-state index < -0.39 is 17.5 Å². The van der Waals surface area contributed by atoms with Gasteiger partial charge in [0.1, 0.15) is 12.4 Å². The van der Waals surface area contributed by atoms with Crippen LogP contribution in [0.3, 0.4) is 0 Å². The summed E-state index contributed by atoms with van der Waals surface area (Å²) < 4.78 is 5.67. The molecule has 0 radical (unpaired) electrons. The van der Waals surface area contributed by atoms with Crippen LogP contribution in [0.25, 0.3) is 5.57 Å². The van der Waals surface area contributed by atoms with Gasteiger partial charge in [0.2, 0.25) is 0 Å². The van der Waals surface area contributed by atoms with Gasteiger partial charge in [-0.05, 0) is 68.0 Å². The summed E-state index contributed by atoms with van der Waals surface area (Å²) in [5.74, 6) is -2.38. The van der Waals surface area contributed by atoms with E-state index in [1.807, 2.05) is 32.0 Å². The molecule has 0 unspecified atom stereocenters. The summed E-state index contributed by atoms with van der Waals surface area (Å²) in [6, 6.07) is 9.48. The summed E-state index contributed by atoms with van der Waals surface area (Å²) in [6.45, 7) is 6.16. The van der Waals surface area contributed by atoms with Gasteiger partial charge in [0.05, 0.1) is 28.1 Å². The van der Waals surface area contributed by atoms with E-state index in [4.69, 9.17) is 9.84 Å². The maximum absolute atomic E-state index is 11.3. The number of allylic oxidation sites excluding steroid dienone is 2. The van der Waals surface area contributed by atoms with E-state index in [2.05, 4.69) is 18.0 Å². The molecule has 2 aromatic rings. The minimum Gasteiger partial charge on any atom is -0.487 e. The second-order valence-corrected chi connectivity index (χ2v) is 7.67. The van der Waals surface area contributed by atoms with Crippen LogP contribution in [0.1, 0.15) is 85.0 Å². The van der Waals surface area contributed by atoms with Crippen LogP contribution in [0.5, 0.6) is 5.75 Å². The first kappa shape index (κ1) is 25.1. The summed E-state index contributed by atoms with van der Waals surface area (Å²) >= 11 is 0. The van der Waals surface area contributed by atoms with Gasteiger partial charge in [0.25, 0.3) is 0 Å². The first-order valence-corrected chi connectivity index (χ1v) is 10.8. The highest BCUT2D eigenvalue weighted by Crippen LogP contribution is 2.24. The summed E-state index contributed by atoms with van der Waals surface area (Å²) in [4.78, 5) is 27.2. The van der Waals surface area contributed by atoms with Crippen LogP contribution in [0.15, 0.2) is 42.5 Å². The molecule has 0 aliphatic rings. The molecule has 3 N–H and O–H groups in total. The van der Waals surface area contributed by atoms with E-state index in [9.17, 15) is 19.8 Å². The average molecular weight is 442 g/mol. The third-order valence-corrected chi connectivity index (χ3v) is 5.67. The zero-order chi connectivity index (χ0) is 23.7. The molecular formula is C25H31NO6. The molecule has 0 spiro atoms. The van der Waals surface area contributed by atoms with Crippen LogP contribution in [0.2, 0.25) is 0 Å². The van der Waals surface area contributed by atoms with Crippen LogP contribution in [-0.4, -0.2) is 37.8 Å². The maximum Gasteiger partial charge on any atom is 0.336 e. The number of aromatic nitrogens is 1. The van der Waals surface area contributed by atoms with Crippen LogP contribution in [0.4, 0.5) is 0 Å². The number of nitrogens with zero attached hydrogens (tertiary/aromatic N) is 1. The first-order valence-electron chi connectivity index (χ1n) is 10.8. The fraction of sp³-hybridized carbons (Fsp3) is 0.400. The molecule has 7 heteroatoms. The van der Waals surface area contributed by atoms with Crippen LogP contribution < -0.4 is 4.74 Å². The van der Waals surface area contributed by atoms with Crippen molar-refractivity contribution < 1.29 is 29.6 Å². The van der Waals surface area contributed by atoms with E-state index in [0.717, 1.165) is 37.0 Å². The summed E-state index contributed by atoms with van der Waals surface area (Å²) in [5, 5.41) is 28.8.